The Balaban J connectivity index is 1.67. The molecule has 29 heavy (non-hydrogen) atoms. The van der Waals surface area contributed by atoms with Crippen LogP contribution in [0.15, 0.2) is 53.3 Å². The number of aromatic nitrogens is 2. The molecule has 0 atom stereocenters. The molecule has 1 N–H and O–H groups in total. The average molecular weight is 389 g/mol. The molecule has 0 aliphatic heterocycles. The van der Waals surface area contributed by atoms with Gasteiger partial charge in [0.1, 0.15) is 12.3 Å². The van der Waals surface area contributed by atoms with Crippen molar-refractivity contribution in [2.75, 3.05) is 6.61 Å². The molecule has 0 spiro atoms. The van der Waals surface area contributed by atoms with Gasteiger partial charge < -0.3 is 10.1 Å². The van der Waals surface area contributed by atoms with Crippen LogP contribution in [-0.4, -0.2) is 22.3 Å². The molecule has 2 aromatic carbocycles. The van der Waals surface area contributed by atoms with Crippen LogP contribution in [-0.2, 0) is 17.9 Å². The molecule has 0 unspecified atom stereocenters. The van der Waals surface area contributed by atoms with E-state index in [-0.39, 0.29) is 31.2 Å². The quantitative estimate of drug-likeness (QED) is 0.631. The number of carbonyl (C=O) groups excluding carboxylic acids is 1. The number of benzene rings is 2. The molecule has 0 aliphatic carbocycles. The predicted octanol–water partition coefficient (Wildman–Crippen LogP) is 2.85. The predicted molar refractivity (Wildman–Crippen MR) is 113 cm³/mol. The second-order valence-electron chi connectivity index (χ2n) is 6.95. The molecule has 6 heteroatoms. The molecule has 3 aromatic rings. The van der Waals surface area contributed by atoms with Gasteiger partial charge in [0.25, 0.3) is 11.5 Å². The van der Waals surface area contributed by atoms with Gasteiger partial charge in [0.2, 0.25) is 0 Å². The molecule has 3 rings (SSSR count). The molecule has 1 aromatic heterocycles. The maximum absolute atomic E-state index is 12.4. The van der Waals surface area contributed by atoms with Crippen molar-refractivity contribution >= 4 is 16.7 Å². The van der Waals surface area contributed by atoms with E-state index in [1.165, 1.54) is 10.2 Å². The highest BCUT2D eigenvalue weighted by molar-refractivity contribution is 5.84. The summed E-state index contributed by atoms with van der Waals surface area (Å²) in [6, 6.07) is 14.8. The first-order valence-electron chi connectivity index (χ1n) is 9.41. The Labute approximate surface area is 169 Å². The number of terminal acetylenes is 1. The van der Waals surface area contributed by atoms with E-state index in [2.05, 4.69) is 30.2 Å². The zero-order chi connectivity index (χ0) is 20.8. The van der Waals surface area contributed by atoms with E-state index in [0.717, 1.165) is 0 Å². The van der Waals surface area contributed by atoms with Gasteiger partial charge in [0.15, 0.2) is 6.61 Å². The van der Waals surface area contributed by atoms with Gasteiger partial charge in [-0.2, -0.15) is 5.10 Å². The summed E-state index contributed by atoms with van der Waals surface area (Å²) < 4.78 is 6.78. The first kappa shape index (κ1) is 20.2. The molecule has 1 heterocycles. The number of nitrogens with one attached hydrogen (secondary N) is 1. The van der Waals surface area contributed by atoms with Crippen LogP contribution in [0.25, 0.3) is 10.8 Å². The lowest BCUT2D eigenvalue weighted by Crippen LogP contribution is -2.31. The van der Waals surface area contributed by atoms with E-state index in [4.69, 9.17) is 11.2 Å². The Kier molecular flexibility index (Phi) is 6.30. The third-order valence-corrected chi connectivity index (χ3v) is 4.55. The Morgan fingerprint density at radius 1 is 1.17 bits per heavy atom. The second-order valence-corrected chi connectivity index (χ2v) is 6.95. The zero-order valence-electron chi connectivity index (χ0n) is 16.5. The molecule has 6 nitrogen and oxygen atoms in total. The van der Waals surface area contributed by atoms with Crippen LogP contribution in [0.2, 0.25) is 0 Å². The van der Waals surface area contributed by atoms with Crippen LogP contribution < -0.4 is 15.6 Å². The Hall–Kier alpha value is -3.59. The van der Waals surface area contributed by atoms with Crippen LogP contribution in [0.1, 0.15) is 31.0 Å². The van der Waals surface area contributed by atoms with Crippen molar-refractivity contribution in [3.05, 3.63) is 70.1 Å². The fourth-order valence-corrected chi connectivity index (χ4v) is 2.96. The number of hydrogen-bond donors (Lipinski definition) is 1. The van der Waals surface area contributed by atoms with Gasteiger partial charge in [-0.1, -0.05) is 50.1 Å². The van der Waals surface area contributed by atoms with Gasteiger partial charge >= 0.3 is 0 Å². The summed E-state index contributed by atoms with van der Waals surface area (Å²) in [5.41, 5.74) is 1.54. The molecular formula is C23H23N3O3. The highest BCUT2D eigenvalue weighted by atomic mass is 16.5. The second kappa shape index (κ2) is 9.07. The fraction of sp³-hybridized carbons (Fsp3) is 0.261. The average Bonchev–Trinajstić information content (AvgIpc) is 2.73. The number of fused-ring (bicyclic) bond motifs is 1. The highest BCUT2D eigenvalue weighted by Crippen LogP contribution is 2.18. The summed E-state index contributed by atoms with van der Waals surface area (Å²) >= 11 is 0. The highest BCUT2D eigenvalue weighted by Gasteiger charge is 2.11. The molecule has 0 fully saturated rings. The lowest BCUT2D eigenvalue weighted by molar-refractivity contribution is -0.123. The van der Waals surface area contributed by atoms with Crippen molar-refractivity contribution < 1.29 is 9.53 Å². The molecule has 1 amide bonds. The molecule has 0 saturated heterocycles. The zero-order valence-corrected chi connectivity index (χ0v) is 16.5. The van der Waals surface area contributed by atoms with Crippen LogP contribution in [0.5, 0.6) is 5.75 Å². The number of hydrogen-bond acceptors (Lipinski definition) is 4. The van der Waals surface area contributed by atoms with E-state index >= 15 is 0 Å². The Bertz CT molecular complexity index is 1110. The van der Waals surface area contributed by atoms with E-state index in [9.17, 15) is 9.59 Å². The number of amides is 1. The van der Waals surface area contributed by atoms with Gasteiger partial charge in [-0.25, -0.2) is 4.68 Å². The standard InChI is InChI=1S/C23H23N3O3/c1-4-13-26-23(28)20-8-6-5-7-19(20)21(25-26)14-24-22(27)15-29-18-11-9-17(10-12-18)16(2)3/h1,5-12,16H,13-15H2,2-3H3,(H,24,27). The largest absolute Gasteiger partial charge is 0.484 e. The van der Waals surface area contributed by atoms with E-state index in [1.807, 2.05) is 30.3 Å². The third-order valence-electron chi connectivity index (χ3n) is 4.55. The van der Waals surface area contributed by atoms with Gasteiger partial charge in [-0.05, 0) is 29.7 Å². The Morgan fingerprint density at radius 2 is 1.86 bits per heavy atom. The molecule has 148 valence electrons. The topological polar surface area (TPSA) is 73.2 Å². The van der Waals surface area contributed by atoms with Gasteiger partial charge in [0, 0.05) is 5.39 Å². The van der Waals surface area contributed by atoms with Crippen LogP contribution in [0, 0.1) is 12.3 Å². The number of rotatable bonds is 7. The summed E-state index contributed by atoms with van der Waals surface area (Å²) in [7, 11) is 0. The van der Waals surface area contributed by atoms with Gasteiger partial charge in [-0.15, -0.1) is 6.42 Å². The first-order valence-corrected chi connectivity index (χ1v) is 9.41. The summed E-state index contributed by atoms with van der Waals surface area (Å²) in [6.07, 6.45) is 5.33. The maximum atomic E-state index is 12.4. The molecule has 0 saturated carbocycles. The first-order chi connectivity index (χ1) is 14.0. The summed E-state index contributed by atoms with van der Waals surface area (Å²) in [4.78, 5) is 24.6. The lowest BCUT2D eigenvalue weighted by Gasteiger charge is -2.11. The van der Waals surface area contributed by atoms with Crippen molar-refractivity contribution in [3.8, 4) is 18.1 Å². The molecular weight excluding hydrogens is 366 g/mol. The molecule has 0 aliphatic rings. The summed E-state index contributed by atoms with van der Waals surface area (Å²) in [5.74, 6) is 3.22. The number of ether oxygens (including phenoxy) is 1. The minimum absolute atomic E-state index is 0.0695. The molecule has 0 radical (unpaired) electrons. The van der Waals surface area contributed by atoms with Crippen LogP contribution in [0.4, 0.5) is 0 Å². The maximum Gasteiger partial charge on any atom is 0.275 e. The van der Waals surface area contributed by atoms with Gasteiger partial charge in [-0.3, -0.25) is 9.59 Å². The van der Waals surface area contributed by atoms with Crippen molar-refractivity contribution in [1.82, 2.24) is 15.1 Å². The van der Waals surface area contributed by atoms with E-state index in [0.29, 0.717) is 28.1 Å². The van der Waals surface area contributed by atoms with Crippen LogP contribution in [0.3, 0.4) is 0 Å². The van der Waals surface area contributed by atoms with E-state index < -0.39 is 0 Å². The number of nitrogens with zero attached hydrogens (tertiary/aromatic N) is 2. The van der Waals surface area contributed by atoms with Crippen LogP contribution >= 0.6 is 0 Å². The third kappa shape index (κ3) is 4.82. The summed E-state index contributed by atoms with van der Waals surface area (Å²) in [5, 5.41) is 8.31. The van der Waals surface area contributed by atoms with Gasteiger partial charge in [0.05, 0.1) is 17.6 Å². The Morgan fingerprint density at radius 3 is 2.52 bits per heavy atom. The minimum Gasteiger partial charge on any atom is -0.484 e. The monoisotopic (exact) mass is 389 g/mol. The lowest BCUT2D eigenvalue weighted by atomic mass is 10.0. The SMILES string of the molecule is C#CCn1nc(CNC(=O)COc2ccc(C(C)C)cc2)c2ccccc2c1=O. The van der Waals surface area contributed by atoms with Crippen molar-refractivity contribution in [2.45, 2.75) is 32.9 Å². The van der Waals surface area contributed by atoms with Crippen molar-refractivity contribution in [2.24, 2.45) is 0 Å². The summed E-state index contributed by atoms with van der Waals surface area (Å²) in [6.45, 7) is 4.37. The number of carbonyl (C=O) groups is 1. The smallest absolute Gasteiger partial charge is 0.275 e. The van der Waals surface area contributed by atoms with Crippen molar-refractivity contribution in [3.63, 3.8) is 0 Å². The molecule has 0 bridgehead atoms. The minimum atomic E-state index is -0.279. The normalized spacial score (nSPS) is 10.7. The fourth-order valence-electron chi connectivity index (χ4n) is 2.96. The van der Waals surface area contributed by atoms with E-state index in [1.54, 1.807) is 18.2 Å². The van der Waals surface area contributed by atoms with Crippen molar-refractivity contribution in [1.29, 1.82) is 0 Å².